The lowest BCUT2D eigenvalue weighted by Gasteiger charge is -2.34. The molecule has 0 aromatic heterocycles. The van der Waals surface area contributed by atoms with E-state index in [1.54, 1.807) is 6.92 Å². The standard InChI is InChI=1S/C15H17N3O6/c1-2-24-13(19)9-12-14(20)16-7-8-17(12)15(21)10-3-5-11(6-4-10)18(22)23/h3-6,12H,2,7-9H2,1H3,(H,16,20)/t12-/m0/s1. The van der Waals surface area contributed by atoms with Gasteiger partial charge in [0.2, 0.25) is 5.91 Å². The second-order valence-corrected chi connectivity index (χ2v) is 5.12. The van der Waals surface area contributed by atoms with Crippen molar-refractivity contribution in [3.05, 3.63) is 39.9 Å². The van der Waals surface area contributed by atoms with E-state index in [4.69, 9.17) is 4.74 Å². The Morgan fingerprint density at radius 1 is 1.38 bits per heavy atom. The molecular weight excluding hydrogens is 318 g/mol. The van der Waals surface area contributed by atoms with Gasteiger partial charge in [-0.05, 0) is 19.1 Å². The fourth-order valence-corrected chi connectivity index (χ4v) is 2.43. The van der Waals surface area contributed by atoms with E-state index in [0.717, 1.165) is 0 Å². The number of hydrogen-bond donors (Lipinski definition) is 1. The number of esters is 1. The molecule has 1 saturated heterocycles. The van der Waals surface area contributed by atoms with Crippen LogP contribution in [0.1, 0.15) is 23.7 Å². The lowest BCUT2D eigenvalue weighted by Crippen LogP contribution is -2.57. The first-order valence-corrected chi connectivity index (χ1v) is 7.42. The third kappa shape index (κ3) is 3.86. The first-order valence-electron chi connectivity index (χ1n) is 7.42. The molecule has 9 nitrogen and oxygen atoms in total. The number of nitrogens with one attached hydrogen (secondary N) is 1. The molecule has 2 amide bonds. The van der Waals surface area contributed by atoms with Crippen LogP contribution in [0.5, 0.6) is 0 Å². The summed E-state index contributed by atoms with van der Waals surface area (Å²) in [5.74, 6) is -1.46. The number of hydrogen-bond acceptors (Lipinski definition) is 6. The molecule has 1 heterocycles. The first-order chi connectivity index (χ1) is 11.4. The Morgan fingerprint density at radius 3 is 2.62 bits per heavy atom. The van der Waals surface area contributed by atoms with Gasteiger partial charge in [-0.25, -0.2) is 0 Å². The van der Waals surface area contributed by atoms with E-state index in [0.29, 0.717) is 0 Å². The summed E-state index contributed by atoms with van der Waals surface area (Å²) in [6, 6.07) is 4.14. The number of nitro groups is 1. The molecule has 1 aromatic rings. The predicted molar refractivity (Wildman–Crippen MR) is 82.2 cm³/mol. The van der Waals surface area contributed by atoms with E-state index in [9.17, 15) is 24.5 Å². The largest absolute Gasteiger partial charge is 0.466 e. The summed E-state index contributed by atoms with van der Waals surface area (Å²) in [6.45, 7) is 2.35. The molecule has 1 N–H and O–H groups in total. The van der Waals surface area contributed by atoms with Crippen LogP contribution in [0.25, 0.3) is 0 Å². The highest BCUT2D eigenvalue weighted by Crippen LogP contribution is 2.17. The Hall–Kier alpha value is -2.97. The Bertz CT molecular complexity index is 658. The summed E-state index contributed by atoms with van der Waals surface area (Å²) in [5.41, 5.74) is 0.0789. The summed E-state index contributed by atoms with van der Waals surface area (Å²) >= 11 is 0. The SMILES string of the molecule is CCOC(=O)C[C@H]1C(=O)NCCN1C(=O)c1ccc([N+](=O)[O-])cc1. The van der Waals surface area contributed by atoms with Crippen LogP contribution in [0.15, 0.2) is 24.3 Å². The van der Waals surface area contributed by atoms with Crippen molar-refractivity contribution in [1.82, 2.24) is 10.2 Å². The summed E-state index contributed by atoms with van der Waals surface area (Å²) in [7, 11) is 0. The number of nitro benzene ring substituents is 1. The number of nitrogens with zero attached hydrogens (tertiary/aromatic N) is 2. The Morgan fingerprint density at radius 2 is 2.04 bits per heavy atom. The van der Waals surface area contributed by atoms with Gasteiger partial charge in [0.05, 0.1) is 18.0 Å². The lowest BCUT2D eigenvalue weighted by molar-refractivity contribution is -0.384. The highest BCUT2D eigenvalue weighted by Gasteiger charge is 2.35. The van der Waals surface area contributed by atoms with Crippen molar-refractivity contribution in [3.63, 3.8) is 0 Å². The van der Waals surface area contributed by atoms with Gasteiger partial charge in [0.15, 0.2) is 0 Å². The number of non-ortho nitro benzene ring substituents is 1. The number of ether oxygens (including phenoxy) is 1. The van der Waals surface area contributed by atoms with E-state index in [2.05, 4.69) is 5.32 Å². The fraction of sp³-hybridized carbons (Fsp3) is 0.400. The summed E-state index contributed by atoms with van der Waals surface area (Å²) in [6.07, 6.45) is -0.238. The first kappa shape index (κ1) is 17.4. The number of carbonyl (C=O) groups excluding carboxylic acids is 3. The van der Waals surface area contributed by atoms with Crippen LogP contribution in [-0.2, 0) is 14.3 Å². The van der Waals surface area contributed by atoms with Crippen molar-refractivity contribution < 1.29 is 24.0 Å². The van der Waals surface area contributed by atoms with Crippen molar-refractivity contribution in [3.8, 4) is 0 Å². The second-order valence-electron chi connectivity index (χ2n) is 5.12. The molecule has 1 aliphatic heterocycles. The van der Waals surface area contributed by atoms with Gasteiger partial charge in [0.1, 0.15) is 6.04 Å². The van der Waals surface area contributed by atoms with E-state index in [1.165, 1.54) is 29.2 Å². The quantitative estimate of drug-likeness (QED) is 0.475. The van der Waals surface area contributed by atoms with Gasteiger partial charge >= 0.3 is 5.97 Å². The van der Waals surface area contributed by atoms with Crippen LogP contribution in [0.2, 0.25) is 0 Å². The van der Waals surface area contributed by atoms with Crippen LogP contribution in [0, 0.1) is 10.1 Å². The number of piperazine rings is 1. The van der Waals surface area contributed by atoms with Crippen LogP contribution in [0.4, 0.5) is 5.69 Å². The van der Waals surface area contributed by atoms with E-state index in [-0.39, 0.29) is 37.4 Å². The van der Waals surface area contributed by atoms with Crippen LogP contribution in [0.3, 0.4) is 0 Å². The van der Waals surface area contributed by atoms with Crippen molar-refractivity contribution in [2.75, 3.05) is 19.7 Å². The van der Waals surface area contributed by atoms with Crippen molar-refractivity contribution in [2.24, 2.45) is 0 Å². The molecule has 9 heteroatoms. The summed E-state index contributed by atoms with van der Waals surface area (Å²) < 4.78 is 4.84. The van der Waals surface area contributed by atoms with E-state index < -0.39 is 28.7 Å². The van der Waals surface area contributed by atoms with Gasteiger partial charge < -0.3 is 15.0 Å². The predicted octanol–water partition coefficient (Wildman–Crippen LogP) is 0.489. The van der Waals surface area contributed by atoms with Gasteiger partial charge in [0, 0.05) is 30.8 Å². The fourth-order valence-electron chi connectivity index (χ4n) is 2.43. The zero-order valence-electron chi connectivity index (χ0n) is 13.1. The maximum absolute atomic E-state index is 12.6. The van der Waals surface area contributed by atoms with Crippen LogP contribution >= 0.6 is 0 Å². The molecule has 0 spiro atoms. The maximum atomic E-state index is 12.6. The Balaban J connectivity index is 2.19. The van der Waals surface area contributed by atoms with Gasteiger partial charge in [-0.15, -0.1) is 0 Å². The van der Waals surface area contributed by atoms with Crippen molar-refractivity contribution >= 4 is 23.5 Å². The van der Waals surface area contributed by atoms with Crippen LogP contribution in [-0.4, -0.2) is 53.3 Å². The lowest BCUT2D eigenvalue weighted by atomic mass is 10.1. The van der Waals surface area contributed by atoms with E-state index >= 15 is 0 Å². The average molecular weight is 335 g/mol. The van der Waals surface area contributed by atoms with Gasteiger partial charge in [-0.2, -0.15) is 0 Å². The number of benzene rings is 1. The molecule has 1 aliphatic rings. The third-order valence-corrected chi connectivity index (χ3v) is 3.58. The molecular formula is C15H17N3O6. The monoisotopic (exact) mass is 335 g/mol. The van der Waals surface area contributed by atoms with Gasteiger partial charge in [-0.3, -0.25) is 24.5 Å². The Kier molecular flexibility index (Phi) is 5.46. The topological polar surface area (TPSA) is 119 Å². The highest BCUT2D eigenvalue weighted by atomic mass is 16.6. The molecule has 0 radical (unpaired) electrons. The zero-order valence-corrected chi connectivity index (χ0v) is 13.1. The molecule has 0 saturated carbocycles. The summed E-state index contributed by atoms with van der Waals surface area (Å²) in [5, 5.41) is 13.3. The molecule has 128 valence electrons. The minimum atomic E-state index is -0.958. The molecule has 1 atom stereocenters. The third-order valence-electron chi connectivity index (χ3n) is 3.58. The minimum absolute atomic E-state index is 0.133. The molecule has 1 fully saturated rings. The smallest absolute Gasteiger partial charge is 0.308 e. The molecule has 0 bridgehead atoms. The summed E-state index contributed by atoms with van der Waals surface area (Å²) in [4.78, 5) is 47.7. The van der Waals surface area contributed by atoms with Crippen LogP contribution < -0.4 is 5.32 Å². The normalized spacial score (nSPS) is 17.1. The highest BCUT2D eigenvalue weighted by molar-refractivity contribution is 5.99. The Labute approximate surface area is 137 Å². The molecule has 2 rings (SSSR count). The minimum Gasteiger partial charge on any atom is -0.466 e. The molecule has 0 unspecified atom stereocenters. The second kappa shape index (κ2) is 7.53. The number of carbonyl (C=O) groups is 3. The van der Waals surface area contributed by atoms with Gasteiger partial charge in [0.25, 0.3) is 11.6 Å². The van der Waals surface area contributed by atoms with Gasteiger partial charge in [-0.1, -0.05) is 0 Å². The van der Waals surface area contributed by atoms with Crippen molar-refractivity contribution in [2.45, 2.75) is 19.4 Å². The van der Waals surface area contributed by atoms with E-state index in [1.807, 2.05) is 0 Å². The molecule has 24 heavy (non-hydrogen) atoms. The maximum Gasteiger partial charge on any atom is 0.308 e. The zero-order chi connectivity index (χ0) is 17.7. The number of rotatable bonds is 5. The number of amides is 2. The van der Waals surface area contributed by atoms with Crippen molar-refractivity contribution in [1.29, 1.82) is 0 Å². The molecule has 0 aliphatic carbocycles. The average Bonchev–Trinajstić information content (AvgIpc) is 2.56. The molecule has 1 aromatic carbocycles.